The summed E-state index contributed by atoms with van der Waals surface area (Å²) < 4.78 is 15.2. The zero-order chi connectivity index (χ0) is 20.6. The van der Waals surface area contributed by atoms with Crippen LogP contribution in [0.15, 0.2) is 23.8 Å². The molecule has 3 fully saturated rings. The molecule has 4 rings (SSSR count). The van der Waals surface area contributed by atoms with Crippen molar-refractivity contribution in [3.8, 4) is 0 Å². The molecule has 4 aliphatic carbocycles. The zero-order valence-corrected chi connectivity index (χ0v) is 16.6. The van der Waals surface area contributed by atoms with Crippen LogP contribution in [0.2, 0.25) is 0 Å². The third-order valence-corrected chi connectivity index (χ3v) is 8.63. The van der Waals surface area contributed by atoms with Crippen molar-refractivity contribution in [3.63, 3.8) is 0 Å². The van der Waals surface area contributed by atoms with Gasteiger partial charge in [-0.3, -0.25) is 9.59 Å². The molecule has 0 aliphatic heterocycles. The Bertz CT molecular complexity index is 790. The first kappa shape index (κ1) is 19.9. The fourth-order valence-corrected chi connectivity index (χ4v) is 7.38. The second kappa shape index (κ2) is 6.07. The van der Waals surface area contributed by atoms with Gasteiger partial charge in [0.05, 0.1) is 6.10 Å². The topological polar surface area (TPSA) is 94.8 Å². The highest BCUT2D eigenvalue weighted by atomic mass is 19.1. The summed E-state index contributed by atoms with van der Waals surface area (Å²) in [6.07, 6.45) is 3.29. The van der Waals surface area contributed by atoms with E-state index in [1.54, 1.807) is 19.9 Å². The summed E-state index contributed by atoms with van der Waals surface area (Å²) in [4.78, 5) is 24.4. The molecule has 0 aromatic carbocycles. The van der Waals surface area contributed by atoms with Gasteiger partial charge in [0, 0.05) is 16.7 Å². The second-order valence-corrected chi connectivity index (χ2v) is 9.79. The lowest BCUT2D eigenvalue weighted by molar-refractivity contribution is -0.185. The van der Waals surface area contributed by atoms with E-state index in [1.807, 2.05) is 6.92 Å². The van der Waals surface area contributed by atoms with Gasteiger partial charge in [0.2, 0.25) is 0 Å². The Morgan fingerprint density at radius 3 is 2.64 bits per heavy atom. The molecule has 0 radical (unpaired) electrons. The van der Waals surface area contributed by atoms with Crippen molar-refractivity contribution in [2.24, 2.45) is 34.5 Å². The number of hydrogen-bond acceptors (Lipinski definition) is 5. The van der Waals surface area contributed by atoms with Gasteiger partial charge in [-0.05, 0) is 54.7 Å². The number of halogens is 1. The van der Waals surface area contributed by atoms with Crippen molar-refractivity contribution < 1.29 is 29.3 Å². The summed E-state index contributed by atoms with van der Waals surface area (Å²) in [5.41, 5.74) is -3.00. The highest BCUT2D eigenvalue weighted by Crippen LogP contribution is 2.68. The molecule has 3 saturated carbocycles. The largest absolute Gasteiger partial charge is 0.393 e. The molecule has 0 amide bonds. The molecule has 9 atom stereocenters. The molecule has 154 valence electrons. The first-order valence-electron chi connectivity index (χ1n) is 10.1. The molecule has 0 aromatic heterocycles. The molecule has 3 N–H and O–H groups in total. The number of carbonyl (C=O) groups is 2. The summed E-state index contributed by atoms with van der Waals surface area (Å²) in [7, 11) is 0. The van der Waals surface area contributed by atoms with Crippen LogP contribution in [0.1, 0.15) is 40.0 Å². The molecule has 0 aromatic rings. The van der Waals surface area contributed by atoms with Crippen LogP contribution in [0, 0.1) is 34.5 Å². The van der Waals surface area contributed by atoms with E-state index in [4.69, 9.17) is 0 Å². The lowest BCUT2D eigenvalue weighted by Crippen LogP contribution is -2.63. The standard InChI is InChI=1S/C22H29FO5/c1-11-6-14-13-8-16(23)15-7-12(25)4-5-20(15,2)19(13)17(26)9-21(14,3)22(11,28)18(27)10-24/h4-5,7,11,13-14,16-17,19,24,26,28H,6,8-10H2,1-3H3/t11-,13+,14+,16+,17+,19+,20+,21+,22+/m1/s1. The maximum absolute atomic E-state index is 15.2. The molecule has 0 unspecified atom stereocenters. The molecule has 28 heavy (non-hydrogen) atoms. The Morgan fingerprint density at radius 2 is 2.00 bits per heavy atom. The lowest BCUT2D eigenvalue weighted by Gasteiger charge is -2.60. The van der Waals surface area contributed by atoms with Crippen molar-refractivity contribution >= 4 is 11.6 Å². The Morgan fingerprint density at radius 1 is 1.32 bits per heavy atom. The number of aliphatic hydroxyl groups excluding tert-OH is 2. The van der Waals surface area contributed by atoms with E-state index < -0.39 is 41.1 Å². The quantitative estimate of drug-likeness (QED) is 0.666. The Hall–Kier alpha value is -1.37. The van der Waals surface area contributed by atoms with Crippen molar-refractivity contribution in [1.29, 1.82) is 0 Å². The van der Waals surface area contributed by atoms with Crippen LogP contribution in [-0.2, 0) is 9.59 Å². The van der Waals surface area contributed by atoms with Crippen molar-refractivity contribution in [3.05, 3.63) is 23.8 Å². The van der Waals surface area contributed by atoms with Crippen LogP contribution in [0.25, 0.3) is 0 Å². The van der Waals surface area contributed by atoms with Gasteiger partial charge in [0.1, 0.15) is 18.4 Å². The SMILES string of the molecule is C[C@@H]1C[C@H]2[C@@H]3C[C@H](F)C4=CC(=O)C=C[C@]4(C)[C@@H]3[C@@H](O)C[C@]2(C)[C@@]1(O)C(=O)CO. The number of Topliss-reactive ketones (excluding diaryl/α,β-unsaturated/α-hetero) is 1. The van der Waals surface area contributed by atoms with Crippen LogP contribution in [0.3, 0.4) is 0 Å². The minimum atomic E-state index is -1.74. The summed E-state index contributed by atoms with van der Waals surface area (Å²) >= 11 is 0. The Labute approximate surface area is 164 Å². The van der Waals surface area contributed by atoms with Gasteiger partial charge in [-0.1, -0.05) is 26.8 Å². The first-order chi connectivity index (χ1) is 13.0. The molecule has 0 spiro atoms. The van der Waals surface area contributed by atoms with Crippen molar-refractivity contribution in [2.45, 2.75) is 57.9 Å². The molecular formula is C22H29FO5. The molecule has 0 bridgehead atoms. The van der Waals surface area contributed by atoms with Gasteiger partial charge >= 0.3 is 0 Å². The van der Waals surface area contributed by atoms with Crippen molar-refractivity contribution in [1.82, 2.24) is 0 Å². The van der Waals surface area contributed by atoms with Crippen LogP contribution in [0.5, 0.6) is 0 Å². The summed E-state index contributed by atoms with van der Waals surface area (Å²) in [6, 6.07) is 0. The van der Waals surface area contributed by atoms with E-state index >= 15 is 4.39 Å². The van der Waals surface area contributed by atoms with E-state index in [-0.39, 0.29) is 42.3 Å². The third kappa shape index (κ3) is 2.22. The predicted molar refractivity (Wildman–Crippen MR) is 99.9 cm³/mol. The summed E-state index contributed by atoms with van der Waals surface area (Å²) in [5.74, 6) is -1.92. The van der Waals surface area contributed by atoms with E-state index in [9.17, 15) is 24.9 Å². The molecule has 6 heteroatoms. The lowest BCUT2D eigenvalue weighted by atomic mass is 9.46. The maximum atomic E-state index is 15.2. The minimum absolute atomic E-state index is 0.154. The predicted octanol–water partition coefficient (Wildman–Crippen LogP) is 1.75. The second-order valence-electron chi connectivity index (χ2n) is 9.79. The molecule has 5 nitrogen and oxygen atoms in total. The highest BCUT2D eigenvalue weighted by Gasteiger charge is 2.71. The number of allylic oxidation sites excluding steroid dienone is 4. The van der Waals surface area contributed by atoms with E-state index in [0.29, 0.717) is 12.0 Å². The number of carbonyl (C=O) groups excluding carboxylic acids is 2. The molecule has 0 heterocycles. The number of hydrogen-bond donors (Lipinski definition) is 3. The number of rotatable bonds is 2. The molecule has 4 aliphatic rings. The molecule has 0 saturated heterocycles. The Balaban J connectivity index is 1.81. The summed E-state index contributed by atoms with van der Waals surface area (Å²) in [6.45, 7) is 4.71. The fourth-order valence-electron chi connectivity index (χ4n) is 7.38. The number of ketones is 2. The number of alkyl halides is 1. The van der Waals surface area contributed by atoms with Gasteiger partial charge in [0.25, 0.3) is 0 Å². The third-order valence-electron chi connectivity index (χ3n) is 8.63. The average Bonchev–Trinajstić information content (AvgIpc) is 2.83. The average molecular weight is 392 g/mol. The van der Waals surface area contributed by atoms with Crippen LogP contribution >= 0.6 is 0 Å². The highest BCUT2D eigenvalue weighted by molar-refractivity contribution is 6.01. The van der Waals surface area contributed by atoms with Gasteiger partial charge in [-0.25, -0.2) is 4.39 Å². The van der Waals surface area contributed by atoms with E-state index in [2.05, 4.69) is 0 Å². The van der Waals surface area contributed by atoms with Crippen LogP contribution in [-0.4, -0.2) is 51.4 Å². The minimum Gasteiger partial charge on any atom is -0.393 e. The Kier molecular flexibility index (Phi) is 4.32. The number of aliphatic hydroxyl groups is 3. The zero-order valence-electron chi connectivity index (χ0n) is 16.6. The van der Waals surface area contributed by atoms with Gasteiger partial charge in [-0.15, -0.1) is 0 Å². The van der Waals surface area contributed by atoms with Gasteiger partial charge in [0.15, 0.2) is 11.6 Å². The number of fused-ring (bicyclic) bond motifs is 5. The monoisotopic (exact) mass is 392 g/mol. The van der Waals surface area contributed by atoms with E-state index in [0.717, 1.165) is 0 Å². The van der Waals surface area contributed by atoms with Crippen LogP contribution < -0.4 is 0 Å². The molecular weight excluding hydrogens is 363 g/mol. The van der Waals surface area contributed by atoms with Gasteiger partial charge < -0.3 is 15.3 Å². The normalized spacial score (nSPS) is 52.5. The summed E-state index contributed by atoms with van der Waals surface area (Å²) in [5, 5.41) is 32.1. The smallest absolute Gasteiger partial charge is 0.190 e. The van der Waals surface area contributed by atoms with Crippen molar-refractivity contribution in [2.75, 3.05) is 6.61 Å². The van der Waals surface area contributed by atoms with Crippen LogP contribution in [0.4, 0.5) is 4.39 Å². The van der Waals surface area contributed by atoms with E-state index in [1.165, 1.54) is 12.2 Å². The van der Waals surface area contributed by atoms with Gasteiger partial charge in [-0.2, -0.15) is 0 Å². The maximum Gasteiger partial charge on any atom is 0.190 e. The first-order valence-corrected chi connectivity index (χ1v) is 10.1. The fraction of sp³-hybridized carbons (Fsp3) is 0.727.